The van der Waals surface area contributed by atoms with Crippen molar-refractivity contribution < 1.29 is 9.53 Å². The van der Waals surface area contributed by atoms with Crippen LogP contribution in [0.5, 0.6) is 5.75 Å². The van der Waals surface area contributed by atoms with E-state index in [1.54, 1.807) is 23.7 Å². The number of aromatic nitrogens is 2. The predicted molar refractivity (Wildman–Crippen MR) is 139 cm³/mol. The first kappa shape index (κ1) is 23.1. The number of hydrogen-bond acceptors (Lipinski definition) is 8. The number of nitrogens with two attached hydrogens (primary N) is 1. The molecular weight excluding hydrogens is 460 g/mol. The number of rotatable bonds is 7. The van der Waals surface area contributed by atoms with Gasteiger partial charge in [0.25, 0.3) is 0 Å². The van der Waals surface area contributed by atoms with E-state index >= 15 is 0 Å². The maximum Gasteiger partial charge on any atom is 0.222 e. The van der Waals surface area contributed by atoms with Gasteiger partial charge in [0, 0.05) is 36.1 Å². The van der Waals surface area contributed by atoms with Gasteiger partial charge in [0.15, 0.2) is 0 Å². The molecule has 1 saturated heterocycles. The van der Waals surface area contributed by atoms with Gasteiger partial charge >= 0.3 is 0 Å². The summed E-state index contributed by atoms with van der Waals surface area (Å²) in [5.74, 6) is 1.87. The zero-order chi connectivity index (χ0) is 24.5. The Balaban J connectivity index is 1.39. The van der Waals surface area contributed by atoms with Crippen molar-refractivity contribution in [2.24, 2.45) is 11.8 Å². The number of amides is 1. The normalized spacial score (nSPS) is 17.4. The molecule has 1 aliphatic carbocycles. The maximum absolute atomic E-state index is 12.6. The lowest BCUT2D eigenvalue weighted by Crippen LogP contribution is -2.49. The molecule has 0 bridgehead atoms. The van der Waals surface area contributed by atoms with Gasteiger partial charge in [0.05, 0.1) is 29.7 Å². The van der Waals surface area contributed by atoms with Crippen LogP contribution in [0.1, 0.15) is 35.8 Å². The van der Waals surface area contributed by atoms with Crippen molar-refractivity contribution in [2.75, 3.05) is 30.7 Å². The lowest BCUT2D eigenvalue weighted by atomic mass is 9.85. The van der Waals surface area contributed by atoms with Crippen molar-refractivity contribution >= 4 is 50.7 Å². The molecule has 35 heavy (non-hydrogen) atoms. The Morgan fingerprint density at radius 3 is 3.00 bits per heavy atom. The number of likely N-dealkylation sites (tertiary alicyclic amines) is 1. The van der Waals surface area contributed by atoms with Crippen molar-refractivity contribution in [1.29, 1.82) is 5.26 Å². The Labute approximate surface area is 208 Å². The second-order valence-electron chi connectivity index (χ2n) is 9.08. The second-order valence-corrected chi connectivity index (χ2v) is 10.2. The van der Waals surface area contributed by atoms with Gasteiger partial charge in [0.2, 0.25) is 5.91 Å². The van der Waals surface area contributed by atoms with Crippen LogP contribution in [0.15, 0.2) is 25.0 Å². The largest absolute Gasteiger partial charge is 0.492 e. The molecule has 5 rings (SSSR count). The molecule has 2 aromatic heterocycles. The molecule has 0 spiro atoms. The van der Waals surface area contributed by atoms with Crippen LogP contribution in [-0.2, 0) is 17.6 Å². The molecule has 3 aromatic rings. The van der Waals surface area contributed by atoms with E-state index in [2.05, 4.69) is 27.9 Å². The second kappa shape index (κ2) is 9.55. The van der Waals surface area contributed by atoms with Gasteiger partial charge in [-0.1, -0.05) is 12.7 Å². The maximum atomic E-state index is 12.6. The molecule has 1 unspecified atom stereocenters. The molecule has 1 atom stereocenters. The van der Waals surface area contributed by atoms with Crippen molar-refractivity contribution in [2.45, 2.75) is 32.6 Å². The SMILES string of the molecule is C=Cc1cc(Nc2ncnc3sc4c(c23)CCC(CC(=O)N2CC(C#N)C2)C4)c(OCC)cc1N. The van der Waals surface area contributed by atoms with Gasteiger partial charge in [-0.2, -0.15) is 5.26 Å². The topological polar surface area (TPSA) is 117 Å². The van der Waals surface area contributed by atoms with Crippen molar-refractivity contribution in [3.8, 4) is 11.8 Å². The minimum absolute atomic E-state index is 0.00384. The molecule has 1 amide bonds. The Hall–Kier alpha value is -3.64. The van der Waals surface area contributed by atoms with E-state index in [1.807, 2.05) is 24.0 Å². The number of ether oxygens (including phenoxy) is 1. The van der Waals surface area contributed by atoms with E-state index in [0.29, 0.717) is 43.5 Å². The van der Waals surface area contributed by atoms with Gasteiger partial charge in [0.1, 0.15) is 22.7 Å². The molecule has 9 heteroatoms. The predicted octanol–water partition coefficient (Wildman–Crippen LogP) is 4.54. The molecule has 2 aliphatic rings. The minimum atomic E-state index is -0.00384. The van der Waals surface area contributed by atoms with Crippen LogP contribution in [-0.4, -0.2) is 40.5 Å². The van der Waals surface area contributed by atoms with E-state index in [-0.39, 0.29) is 11.8 Å². The molecule has 0 radical (unpaired) electrons. The summed E-state index contributed by atoms with van der Waals surface area (Å²) in [4.78, 5) is 25.8. The summed E-state index contributed by atoms with van der Waals surface area (Å²) < 4.78 is 5.82. The van der Waals surface area contributed by atoms with Crippen LogP contribution >= 0.6 is 11.3 Å². The quantitative estimate of drug-likeness (QED) is 0.469. The summed E-state index contributed by atoms with van der Waals surface area (Å²) in [6, 6.07) is 5.96. The first-order valence-electron chi connectivity index (χ1n) is 11.9. The Morgan fingerprint density at radius 2 is 2.26 bits per heavy atom. The Bertz CT molecular complexity index is 1340. The summed E-state index contributed by atoms with van der Waals surface area (Å²) in [5.41, 5.74) is 9.61. The molecule has 180 valence electrons. The number of nitrogen functional groups attached to an aromatic ring is 1. The fourth-order valence-electron chi connectivity index (χ4n) is 4.88. The van der Waals surface area contributed by atoms with E-state index in [9.17, 15) is 4.79 Å². The van der Waals surface area contributed by atoms with Gasteiger partial charge in [-0.05, 0) is 49.3 Å². The first-order valence-corrected chi connectivity index (χ1v) is 12.7. The molecule has 1 aliphatic heterocycles. The highest BCUT2D eigenvalue weighted by molar-refractivity contribution is 7.19. The van der Waals surface area contributed by atoms with Crippen molar-refractivity contribution in [1.82, 2.24) is 14.9 Å². The van der Waals surface area contributed by atoms with Crippen LogP contribution in [0.4, 0.5) is 17.2 Å². The first-order chi connectivity index (χ1) is 17.0. The van der Waals surface area contributed by atoms with E-state index < -0.39 is 0 Å². The fourth-order valence-corrected chi connectivity index (χ4v) is 6.18. The summed E-state index contributed by atoms with van der Waals surface area (Å²) in [5, 5.41) is 13.5. The number of nitrogens with one attached hydrogen (secondary N) is 1. The average molecular weight is 489 g/mol. The highest BCUT2D eigenvalue weighted by Crippen LogP contribution is 2.42. The highest BCUT2D eigenvalue weighted by Gasteiger charge is 2.33. The molecule has 0 saturated carbocycles. The molecule has 1 fully saturated rings. The molecule has 1 aromatic carbocycles. The van der Waals surface area contributed by atoms with E-state index in [1.165, 1.54) is 10.4 Å². The van der Waals surface area contributed by atoms with Crippen LogP contribution in [0, 0.1) is 23.2 Å². The summed E-state index contributed by atoms with van der Waals surface area (Å²) in [6.45, 7) is 7.45. The average Bonchev–Trinajstić information content (AvgIpc) is 3.19. The van der Waals surface area contributed by atoms with E-state index in [4.69, 9.17) is 15.7 Å². The number of benzene rings is 1. The summed E-state index contributed by atoms with van der Waals surface area (Å²) in [6.07, 6.45) is 6.53. The number of fused-ring (bicyclic) bond motifs is 3. The Morgan fingerprint density at radius 1 is 1.43 bits per heavy atom. The van der Waals surface area contributed by atoms with Crippen molar-refractivity contribution in [3.63, 3.8) is 0 Å². The third kappa shape index (κ3) is 4.42. The molecule has 3 N–H and O–H groups in total. The minimum Gasteiger partial charge on any atom is -0.492 e. The fraction of sp³-hybridized carbons (Fsp3) is 0.385. The van der Waals surface area contributed by atoms with Crippen molar-refractivity contribution in [3.05, 3.63) is 41.0 Å². The van der Waals surface area contributed by atoms with Gasteiger partial charge in [-0.15, -0.1) is 11.3 Å². The third-order valence-corrected chi connectivity index (χ3v) is 7.95. The number of aryl methyl sites for hydroxylation is 1. The lowest BCUT2D eigenvalue weighted by molar-refractivity contribution is -0.137. The van der Waals surface area contributed by atoms with Crippen LogP contribution in [0.25, 0.3) is 16.3 Å². The molecular formula is C26H28N6O2S. The van der Waals surface area contributed by atoms with Crippen LogP contribution in [0.2, 0.25) is 0 Å². The smallest absolute Gasteiger partial charge is 0.222 e. The number of anilines is 3. The molecule has 8 nitrogen and oxygen atoms in total. The number of carbonyl (C=O) groups is 1. The van der Waals surface area contributed by atoms with Crippen LogP contribution in [0.3, 0.4) is 0 Å². The number of thiophene rings is 1. The Kier molecular flexibility index (Phi) is 6.31. The highest BCUT2D eigenvalue weighted by atomic mass is 32.1. The number of nitrogens with zero attached hydrogens (tertiary/aromatic N) is 4. The molecule has 3 heterocycles. The zero-order valence-electron chi connectivity index (χ0n) is 19.7. The zero-order valence-corrected chi connectivity index (χ0v) is 20.5. The van der Waals surface area contributed by atoms with Gasteiger partial charge in [-0.25, -0.2) is 9.97 Å². The number of hydrogen-bond donors (Lipinski definition) is 2. The van der Waals surface area contributed by atoms with Crippen LogP contribution < -0.4 is 15.8 Å². The number of carbonyl (C=O) groups excluding carboxylic acids is 1. The van der Waals surface area contributed by atoms with Gasteiger partial charge in [-0.3, -0.25) is 4.79 Å². The number of nitriles is 1. The standard InChI is InChI=1S/C26H28N6O2S/c1-3-17-9-20(21(34-4-2)10-19(17)28)31-25-24-18-6-5-15(7-22(18)35-26(24)30-14-29-25)8-23(33)32-12-16(11-27)13-32/h3,9-10,14-16H,1,4-8,12-13,28H2,2H3,(H,29,30,31). The van der Waals surface area contributed by atoms with E-state index in [0.717, 1.165) is 46.5 Å². The van der Waals surface area contributed by atoms with Gasteiger partial charge < -0.3 is 20.7 Å². The summed E-state index contributed by atoms with van der Waals surface area (Å²) in [7, 11) is 0. The third-order valence-electron chi connectivity index (χ3n) is 6.79. The summed E-state index contributed by atoms with van der Waals surface area (Å²) >= 11 is 1.69. The lowest BCUT2D eigenvalue weighted by Gasteiger charge is -2.36. The monoisotopic (exact) mass is 488 g/mol.